The number of nitrogens with one attached hydrogen (secondary N) is 1. The van der Waals surface area contributed by atoms with Crippen molar-refractivity contribution >= 4 is 11.8 Å². The van der Waals surface area contributed by atoms with E-state index in [4.69, 9.17) is 0 Å². The molecule has 2 aliphatic rings. The highest BCUT2D eigenvalue weighted by molar-refractivity contribution is 6.01. The van der Waals surface area contributed by atoms with Crippen LogP contribution in [0.3, 0.4) is 0 Å². The third kappa shape index (κ3) is 2.13. The van der Waals surface area contributed by atoms with Gasteiger partial charge in [0.1, 0.15) is 11.1 Å². The number of carbonyl (C=O) groups is 2. The van der Waals surface area contributed by atoms with Crippen LogP contribution in [0.25, 0.3) is 0 Å². The average Bonchev–Trinajstić information content (AvgIpc) is 3.10. The summed E-state index contributed by atoms with van der Waals surface area (Å²) in [7, 11) is 0. The van der Waals surface area contributed by atoms with Gasteiger partial charge in [-0.3, -0.25) is 9.59 Å². The van der Waals surface area contributed by atoms with Gasteiger partial charge in [0.05, 0.1) is 0 Å². The molecule has 1 heterocycles. The van der Waals surface area contributed by atoms with Crippen LogP contribution in [0.1, 0.15) is 53.4 Å². The number of carbonyl (C=O) groups excluding carboxylic acids is 2. The Morgan fingerprint density at radius 2 is 1.89 bits per heavy atom. The Hall–Kier alpha value is -1.06. The smallest absolute Gasteiger partial charge is 0.248 e. The molecule has 2 rings (SSSR count). The molecule has 0 spiro atoms. The molecule has 0 aromatic carbocycles. The van der Waals surface area contributed by atoms with Crippen molar-refractivity contribution in [1.29, 1.82) is 0 Å². The molecule has 0 aromatic rings. The van der Waals surface area contributed by atoms with E-state index in [1.54, 1.807) is 13.8 Å². The van der Waals surface area contributed by atoms with Gasteiger partial charge in [-0.1, -0.05) is 19.8 Å². The highest BCUT2D eigenvalue weighted by atomic mass is 16.2. The molecule has 1 N–H and O–H groups in total. The van der Waals surface area contributed by atoms with Gasteiger partial charge in [0.2, 0.25) is 11.8 Å². The predicted octanol–water partition coefficient (Wildman–Crippen LogP) is 1.69. The van der Waals surface area contributed by atoms with Crippen LogP contribution in [-0.4, -0.2) is 34.3 Å². The second-order valence-corrected chi connectivity index (χ2v) is 6.40. The zero-order chi connectivity index (χ0) is 13.6. The van der Waals surface area contributed by atoms with Crippen molar-refractivity contribution in [3.63, 3.8) is 0 Å². The maximum atomic E-state index is 12.5. The number of amides is 2. The van der Waals surface area contributed by atoms with Gasteiger partial charge >= 0.3 is 0 Å². The van der Waals surface area contributed by atoms with E-state index in [0.29, 0.717) is 13.0 Å². The van der Waals surface area contributed by atoms with Gasteiger partial charge in [-0.05, 0) is 39.5 Å². The Morgan fingerprint density at radius 1 is 1.28 bits per heavy atom. The summed E-state index contributed by atoms with van der Waals surface area (Å²) >= 11 is 0. The fourth-order valence-electron chi connectivity index (χ4n) is 2.57. The van der Waals surface area contributed by atoms with E-state index in [1.807, 2.05) is 18.7 Å². The minimum atomic E-state index is -0.769. The molecule has 4 heteroatoms. The largest absolute Gasteiger partial charge is 0.340 e. The molecule has 4 nitrogen and oxygen atoms in total. The van der Waals surface area contributed by atoms with Crippen LogP contribution < -0.4 is 5.32 Å². The lowest BCUT2D eigenvalue weighted by Gasteiger charge is -2.49. The number of nitrogens with zero attached hydrogens (tertiary/aromatic N) is 1. The minimum Gasteiger partial charge on any atom is -0.340 e. The first-order chi connectivity index (χ1) is 8.31. The first-order valence-electron chi connectivity index (χ1n) is 6.96. The quantitative estimate of drug-likeness (QED) is 0.827. The molecular weight excluding hydrogens is 228 g/mol. The van der Waals surface area contributed by atoms with Crippen LogP contribution in [-0.2, 0) is 9.59 Å². The summed E-state index contributed by atoms with van der Waals surface area (Å²) < 4.78 is 0. The number of piperazine rings is 1. The lowest BCUT2D eigenvalue weighted by atomic mass is 9.86. The van der Waals surface area contributed by atoms with Crippen LogP contribution in [0.5, 0.6) is 0 Å². The van der Waals surface area contributed by atoms with Crippen LogP contribution in [0.2, 0.25) is 0 Å². The molecule has 2 amide bonds. The van der Waals surface area contributed by atoms with Crippen LogP contribution >= 0.6 is 0 Å². The summed E-state index contributed by atoms with van der Waals surface area (Å²) in [5.41, 5.74) is -1.45. The van der Waals surface area contributed by atoms with E-state index in [1.165, 1.54) is 12.8 Å². The Bertz CT molecular complexity index is 374. The van der Waals surface area contributed by atoms with Crippen molar-refractivity contribution in [2.24, 2.45) is 5.92 Å². The van der Waals surface area contributed by atoms with Crippen molar-refractivity contribution in [3.8, 4) is 0 Å². The Kier molecular flexibility index (Phi) is 3.16. The highest BCUT2D eigenvalue weighted by Crippen LogP contribution is 2.35. The van der Waals surface area contributed by atoms with Gasteiger partial charge < -0.3 is 10.2 Å². The maximum absolute atomic E-state index is 12.5. The van der Waals surface area contributed by atoms with E-state index < -0.39 is 11.1 Å². The third-order valence-corrected chi connectivity index (χ3v) is 4.44. The fraction of sp³-hybridized carbons (Fsp3) is 0.857. The molecular formula is C14H24N2O2. The van der Waals surface area contributed by atoms with Gasteiger partial charge in [0, 0.05) is 6.54 Å². The average molecular weight is 252 g/mol. The molecule has 1 unspecified atom stereocenters. The summed E-state index contributed by atoms with van der Waals surface area (Å²) in [4.78, 5) is 26.6. The van der Waals surface area contributed by atoms with Crippen LogP contribution in [0, 0.1) is 5.92 Å². The molecule has 2 fully saturated rings. The molecule has 0 bridgehead atoms. The van der Waals surface area contributed by atoms with Gasteiger partial charge in [-0.15, -0.1) is 0 Å². The minimum absolute atomic E-state index is 0.0228. The summed E-state index contributed by atoms with van der Waals surface area (Å²) in [5, 5.41) is 2.85. The number of hydrogen-bond donors (Lipinski definition) is 1. The lowest BCUT2D eigenvalue weighted by Crippen LogP contribution is -2.73. The summed E-state index contributed by atoms with van der Waals surface area (Å²) in [5.74, 6) is 0.796. The van der Waals surface area contributed by atoms with Crippen molar-refractivity contribution in [1.82, 2.24) is 10.2 Å². The van der Waals surface area contributed by atoms with E-state index in [-0.39, 0.29) is 11.8 Å². The van der Waals surface area contributed by atoms with Crippen molar-refractivity contribution in [2.45, 2.75) is 64.5 Å². The molecule has 1 saturated carbocycles. The molecule has 1 saturated heterocycles. The molecule has 18 heavy (non-hydrogen) atoms. The van der Waals surface area contributed by atoms with Crippen LogP contribution in [0.15, 0.2) is 0 Å². The van der Waals surface area contributed by atoms with E-state index in [9.17, 15) is 9.59 Å². The standard InChI is InChI=1S/C14H24N2O2/c1-5-14(4)11(17)15-13(2,3)12(18)16(14)9-8-10-6-7-10/h10H,5-9H2,1-4H3,(H,15,17). The van der Waals surface area contributed by atoms with E-state index in [2.05, 4.69) is 5.32 Å². The normalized spacial score (nSPS) is 31.4. The van der Waals surface area contributed by atoms with Crippen LogP contribution in [0.4, 0.5) is 0 Å². The fourth-order valence-corrected chi connectivity index (χ4v) is 2.57. The lowest BCUT2D eigenvalue weighted by molar-refractivity contribution is -0.161. The second kappa shape index (κ2) is 4.25. The summed E-state index contributed by atoms with van der Waals surface area (Å²) in [6.07, 6.45) is 4.25. The number of hydrogen-bond acceptors (Lipinski definition) is 2. The Morgan fingerprint density at radius 3 is 2.39 bits per heavy atom. The molecule has 1 aliphatic carbocycles. The Balaban J connectivity index is 2.21. The zero-order valence-corrected chi connectivity index (χ0v) is 11.9. The maximum Gasteiger partial charge on any atom is 0.248 e. The predicted molar refractivity (Wildman–Crippen MR) is 70.0 cm³/mol. The van der Waals surface area contributed by atoms with Gasteiger partial charge in [0.15, 0.2) is 0 Å². The highest BCUT2D eigenvalue weighted by Gasteiger charge is 2.51. The van der Waals surface area contributed by atoms with Crippen molar-refractivity contribution in [2.75, 3.05) is 6.54 Å². The topological polar surface area (TPSA) is 49.4 Å². The summed E-state index contributed by atoms with van der Waals surface area (Å²) in [6.45, 7) is 8.13. The molecule has 0 radical (unpaired) electrons. The van der Waals surface area contributed by atoms with Gasteiger partial charge in [0.25, 0.3) is 0 Å². The SMILES string of the molecule is CCC1(C)C(=O)NC(C)(C)C(=O)N1CCC1CC1. The third-order valence-electron chi connectivity index (χ3n) is 4.44. The molecule has 102 valence electrons. The number of rotatable bonds is 4. The zero-order valence-electron chi connectivity index (χ0n) is 11.9. The first-order valence-corrected chi connectivity index (χ1v) is 6.96. The Labute approximate surface area is 109 Å². The molecule has 1 aliphatic heterocycles. The van der Waals surface area contributed by atoms with E-state index in [0.717, 1.165) is 12.3 Å². The monoisotopic (exact) mass is 252 g/mol. The van der Waals surface area contributed by atoms with Gasteiger partial charge in [-0.25, -0.2) is 0 Å². The van der Waals surface area contributed by atoms with E-state index >= 15 is 0 Å². The molecule has 1 atom stereocenters. The van der Waals surface area contributed by atoms with Crippen molar-refractivity contribution < 1.29 is 9.59 Å². The first kappa shape index (κ1) is 13.4. The second-order valence-electron chi connectivity index (χ2n) is 6.40. The molecule has 0 aromatic heterocycles. The summed E-state index contributed by atoms with van der Waals surface area (Å²) in [6, 6.07) is 0. The van der Waals surface area contributed by atoms with Crippen molar-refractivity contribution in [3.05, 3.63) is 0 Å². The van der Waals surface area contributed by atoms with Gasteiger partial charge in [-0.2, -0.15) is 0 Å².